The van der Waals surface area contributed by atoms with Gasteiger partial charge < -0.3 is 15.0 Å². The number of halogens is 2. The third kappa shape index (κ3) is 5.16. The van der Waals surface area contributed by atoms with E-state index in [2.05, 4.69) is 24.1 Å². The Kier molecular flexibility index (Phi) is 7.37. The maximum absolute atomic E-state index is 12.2. The van der Waals surface area contributed by atoms with Crippen molar-refractivity contribution in [2.24, 2.45) is 0 Å². The number of rotatable bonds is 7. The summed E-state index contributed by atoms with van der Waals surface area (Å²) in [5.74, 6) is 0.224. The zero-order chi connectivity index (χ0) is 19.1. The Morgan fingerprint density at radius 1 is 1.15 bits per heavy atom. The minimum absolute atomic E-state index is 0.251. The van der Waals surface area contributed by atoms with Crippen molar-refractivity contribution >= 4 is 46.6 Å². The first-order valence-corrected chi connectivity index (χ1v) is 9.11. The van der Waals surface area contributed by atoms with E-state index in [-0.39, 0.29) is 5.91 Å². The van der Waals surface area contributed by atoms with E-state index in [1.807, 2.05) is 24.3 Å². The number of hydrogen-bond donors (Lipinski definition) is 1. The highest BCUT2D eigenvalue weighted by atomic mass is 35.5. The average molecular weight is 393 g/mol. The van der Waals surface area contributed by atoms with Crippen LogP contribution in [0.2, 0.25) is 10.0 Å². The predicted octanol–water partition coefficient (Wildman–Crippen LogP) is 5.50. The van der Waals surface area contributed by atoms with Crippen LogP contribution in [0.4, 0.5) is 11.4 Å². The molecular formula is C20H22Cl2N2O2. The van der Waals surface area contributed by atoms with Gasteiger partial charge in [0.15, 0.2) is 0 Å². The van der Waals surface area contributed by atoms with Crippen molar-refractivity contribution in [3.05, 3.63) is 58.1 Å². The lowest BCUT2D eigenvalue weighted by Crippen LogP contribution is -2.21. The second-order valence-electron chi connectivity index (χ2n) is 5.55. The van der Waals surface area contributed by atoms with Crippen LogP contribution in [0, 0.1) is 0 Å². The summed E-state index contributed by atoms with van der Waals surface area (Å²) in [5.41, 5.74) is 2.49. The summed E-state index contributed by atoms with van der Waals surface area (Å²) in [6.45, 7) is 6.10. The lowest BCUT2D eigenvalue weighted by Gasteiger charge is -2.21. The van der Waals surface area contributed by atoms with Gasteiger partial charge >= 0.3 is 0 Å². The quantitative estimate of drug-likeness (QED) is 0.632. The Hall–Kier alpha value is -2.17. The third-order valence-electron chi connectivity index (χ3n) is 3.92. The van der Waals surface area contributed by atoms with Gasteiger partial charge in [-0.3, -0.25) is 4.79 Å². The van der Waals surface area contributed by atoms with Gasteiger partial charge in [0, 0.05) is 41.1 Å². The fraction of sp³-hybridized carbons (Fsp3) is 0.250. The lowest BCUT2D eigenvalue weighted by molar-refractivity contribution is -0.111. The summed E-state index contributed by atoms with van der Waals surface area (Å²) >= 11 is 12.1. The van der Waals surface area contributed by atoms with E-state index in [1.165, 1.54) is 13.2 Å². The number of methoxy groups -OCH3 is 1. The fourth-order valence-electron chi connectivity index (χ4n) is 2.61. The molecule has 2 aromatic carbocycles. The van der Waals surface area contributed by atoms with Gasteiger partial charge in [-0.05, 0) is 56.3 Å². The largest absolute Gasteiger partial charge is 0.495 e. The molecule has 1 N–H and O–H groups in total. The maximum atomic E-state index is 12.2. The van der Waals surface area contributed by atoms with E-state index in [1.54, 1.807) is 18.2 Å². The summed E-state index contributed by atoms with van der Waals surface area (Å²) in [6, 6.07) is 11.0. The summed E-state index contributed by atoms with van der Waals surface area (Å²) in [7, 11) is 1.52. The minimum atomic E-state index is -0.251. The van der Waals surface area contributed by atoms with Gasteiger partial charge in [-0.1, -0.05) is 23.2 Å². The predicted molar refractivity (Wildman–Crippen MR) is 111 cm³/mol. The highest BCUT2D eigenvalue weighted by Gasteiger charge is 2.08. The molecule has 0 aliphatic rings. The molecule has 0 atom stereocenters. The molecule has 26 heavy (non-hydrogen) atoms. The van der Waals surface area contributed by atoms with Crippen LogP contribution in [0.1, 0.15) is 19.4 Å². The summed E-state index contributed by atoms with van der Waals surface area (Å²) in [5, 5.41) is 3.70. The fourth-order valence-corrected chi connectivity index (χ4v) is 3.20. The maximum Gasteiger partial charge on any atom is 0.248 e. The molecule has 0 unspecified atom stereocenters. The zero-order valence-corrected chi connectivity index (χ0v) is 16.6. The molecule has 0 radical (unpaired) electrons. The molecule has 0 aliphatic carbocycles. The number of amides is 1. The van der Waals surface area contributed by atoms with E-state index < -0.39 is 0 Å². The Labute approximate surface area is 164 Å². The molecule has 2 rings (SSSR count). The van der Waals surface area contributed by atoms with E-state index in [4.69, 9.17) is 27.9 Å². The van der Waals surface area contributed by atoms with E-state index in [0.717, 1.165) is 24.5 Å². The van der Waals surface area contributed by atoms with Crippen molar-refractivity contribution in [1.29, 1.82) is 0 Å². The number of hydrogen-bond acceptors (Lipinski definition) is 3. The number of anilines is 2. The second kappa shape index (κ2) is 9.51. The van der Waals surface area contributed by atoms with E-state index in [9.17, 15) is 4.79 Å². The van der Waals surface area contributed by atoms with E-state index >= 15 is 0 Å². The molecule has 0 fully saturated rings. The molecule has 138 valence electrons. The molecule has 0 saturated heterocycles. The molecule has 0 aromatic heterocycles. The number of carbonyl (C=O) groups excluding carboxylic acids is 1. The first-order valence-electron chi connectivity index (χ1n) is 8.35. The van der Waals surface area contributed by atoms with Crippen molar-refractivity contribution in [3.63, 3.8) is 0 Å². The molecular weight excluding hydrogens is 371 g/mol. The third-order valence-corrected chi connectivity index (χ3v) is 4.42. The number of nitrogens with zero attached hydrogens (tertiary/aromatic N) is 1. The van der Waals surface area contributed by atoms with E-state index in [0.29, 0.717) is 21.4 Å². The van der Waals surface area contributed by atoms with Crippen molar-refractivity contribution < 1.29 is 9.53 Å². The number of carbonyl (C=O) groups is 1. The van der Waals surface area contributed by atoms with Gasteiger partial charge in [0.1, 0.15) is 5.75 Å². The lowest BCUT2D eigenvalue weighted by atomic mass is 10.2. The molecule has 0 saturated carbocycles. The highest BCUT2D eigenvalue weighted by Crippen LogP contribution is 2.33. The molecule has 1 amide bonds. The van der Waals surface area contributed by atoms with Crippen LogP contribution in [0.3, 0.4) is 0 Å². The van der Waals surface area contributed by atoms with Crippen LogP contribution in [0.15, 0.2) is 42.5 Å². The average Bonchev–Trinajstić information content (AvgIpc) is 2.62. The summed E-state index contributed by atoms with van der Waals surface area (Å²) in [4.78, 5) is 14.4. The first kappa shape index (κ1) is 20.1. The SMILES string of the molecule is CCN(CC)c1ccc(NC(=O)C=Cc2cc(Cl)cc(Cl)c2OC)cc1. The topological polar surface area (TPSA) is 41.6 Å². The Balaban J connectivity index is 2.08. The van der Waals surface area contributed by atoms with Crippen molar-refractivity contribution in [2.75, 3.05) is 30.4 Å². The van der Waals surface area contributed by atoms with Crippen molar-refractivity contribution in [1.82, 2.24) is 0 Å². The van der Waals surface area contributed by atoms with Crippen LogP contribution in [-0.2, 0) is 4.79 Å². The molecule has 4 nitrogen and oxygen atoms in total. The molecule has 0 bridgehead atoms. The van der Waals surface area contributed by atoms with Gasteiger partial charge in [0.05, 0.1) is 12.1 Å². The summed E-state index contributed by atoms with van der Waals surface area (Å²) in [6.07, 6.45) is 3.04. The second-order valence-corrected chi connectivity index (χ2v) is 6.40. The molecule has 2 aromatic rings. The normalized spacial score (nSPS) is 10.8. The monoisotopic (exact) mass is 392 g/mol. The molecule has 0 heterocycles. The van der Waals surface area contributed by atoms with Gasteiger partial charge in [-0.2, -0.15) is 0 Å². The molecule has 0 spiro atoms. The standard InChI is InChI=1S/C20H22Cl2N2O2/c1-4-24(5-2)17-9-7-16(8-10-17)23-19(25)11-6-14-12-15(21)13-18(22)20(14)26-3/h6-13H,4-5H2,1-3H3,(H,23,25). The van der Waals surface area contributed by atoms with Crippen LogP contribution in [0.5, 0.6) is 5.75 Å². The van der Waals surface area contributed by atoms with Gasteiger partial charge in [0.2, 0.25) is 5.91 Å². The minimum Gasteiger partial charge on any atom is -0.495 e. The van der Waals surface area contributed by atoms with Gasteiger partial charge in [-0.25, -0.2) is 0 Å². The Morgan fingerprint density at radius 2 is 1.81 bits per heavy atom. The number of benzene rings is 2. The Bertz CT molecular complexity index is 785. The van der Waals surface area contributed by atoms with Crippen LogP contribution >= 0.6 is 23.2 Å². The molecule has 6 heteroatoms. The first-order chi connectivity index (χ1) is 12.5. The number of nitrogens with one attached hydrogen (secondary N) is 1. The molecule has 0 aliphatic heterocycles. The van der Waals surface area contributed by atoms with Crippen molar-refractivity contribution in [2.45, 2.75) is 13.8 Å². The highest BCUT2D eigenvalue weighted by molar-refractivity contribution is 6.36. The van der Waals surface area contributed by atoms with Crippen molar-refractivity contribution in [3.8, 4) is 5.75 Å². The van der Waals surface area contributed by atoms with Crippen LogP contribution in [0.25, 0.3) is 6.08 Å². The van der Waals surface area contributed by atoms with Gasteiger partial charge in [0.25, 0.3) is 0 Å². The van der Waals surface area contributed by atoms with Crippen LogP contribution < -0.4 is 15.0 Å². The van der Waals surface area contributed by atoms with Crippen LogP contribution in [-0.4, -0.2) is 26.1 Å². The zero-order valence-electron chi connectivity index (χ0n) is 15.1. The summed E-state index contributed by atoms with van der Waals surface area (Å²) < 4.78 is 5.26. The Morgan fingerprint density at radius 3 is 2.38 bits per heavy atom. The number of ether oxygens (including phenoxy) is 1. The smallest absolute Gasteiger partial charge is 0.248 e. The van der Waals surface area contributed by atoms with Gasteiger partial charge in [-0.15, -0.1) is 0 Å².